The van der Waals surface area contributed by atoms with Gasteiger partial charge in [-0.3, -0.25) is 38.4 Å². The van der Waals surface area contributed by atoms with Crippen molar-refractivity contribution in [1.29, 1.82) is 0 Å². The summed E-state index contributed by atoms with van der Waals surface area (Å²) >= 11 is 0. The fraction of sp³-hybridized carbons (Fsp3) is 0.467. The van der Waals surface area contributed by atoms with E-state index in [4.69, 9.17) is 17.2 Å². The molecule has 4 rings (SSSR count). The van der Waals surface area contributed by atoms with Gasteiger partial charge >= 0.3 is 0 Å². The van der Waals surface area contributed by atoms with Crippen molar-refractivity contribution in [2.45, 2.75) is 81.6 Å². The number of nitrogens with one attached hydrogen (secondary N) is 5. The number of H-pyrrole nitrogens is 1. The quantitative estimate of drug-likeness (QED) is 0.131. The zero-order chi connectivity index (χ0) is 34.2. The molecule has 3 heterocycles. The molecule has 5 atom stereocenters. The van der Waals surface area contributed by atoms with Crippen LogP contribution in [0.1, 0.15) is 50.5 Å². The minimum Gasteiger partial charge on any atom is -0.370 e. The number of hydrogen-bond donors (Lipinski definition) is 8. The lowest BCUT2D eigenvalue weighted by Gasteiger charge is -2.30. The number of rotatable bonds is 10. The molecule has 17 nitrogen and oxygen atoms in total. The molecule has 0 spiro atoms. The van der Waals surface area contributed by atoms with Crippen LogP contribution in [-0.4, -0.2) is 93.9 Å². The van der Waals surface area contributed by atoms with Gasteiger partial charge in [0, 0.05) is 42.9 Å². The lowest BCUT2D eigenvalue weighted by atomic mass is 10.0. The second-order valence-corrected chi connectivity index (χ2v) is 11.7. The summed E-state index contributed by atoms with van der Waals surface area (Å²) in [6.45, 7) is 0.149. The molecule has 0 unspecified atom stereocenters. The van der Waals surface area contributed by atoms with Crippen molar-refractivity contribution in [3.63, 3.8) is 0 Å². The molecule has 2 aliphatic heterocycles. The maximum absolute atomic E-state index is 13.8. The molecule has 17 heteroatoms. The molecule has 252 valence electrons. The van der Waals surface area contributed by atoms with Gasteiger partial charge in [0.05, 0.1) is 6.42 Å². The van der Waals surface area contributed by atoms with E-state index in [0.29, 0.717) is 12.0 Å². The Morgan fingerprint density at radius 3 is 1.98 bits per heavy atom. The summed E-state index contributed by atoms with van der Waals surface area (Å²) in [5.41, 5.74) is 17.4. The van der Waals surface area contributed by atoms with E-state index in [-0.39, 0.29) is 45.1 Å². The second-order valence-electron chi connectivity index (χ2n) is 11.7. The normalized spacial score (nSPS) is 24.3. The summed E-state index contributed by atoms with van der Waals surface area (Å²) in [7, 11) is 0. The van der Waals surface area contributed by atoms with E-state index >= 15 is 0 Å². The highest BCUT2D eigenvalue weighted by atomic mass is 16.2. The molecule has 1 aromatic heterocycles. The second kappa shape index (κ2) is 15.2. The number of carbonyl (C=O) groups is 8. The summed E-state index contributed by atoms with van der Waals surface area (Å²) in [6, 6.07) is 0.665. The SMILES string of the molecule is NC(=O)CC[C@@H]1NC(=O)[C@H](Cc2c[nH]c3ccccc23)NC(=O)[C@H]2CCCN2C(=O)[C@H](CCC(N)=O)NC(=O)[C@H](CC(N)=O)NC1=O. The monoisotopic (exact) mass is 653 g/mol. The molecule has 11 N–H and O–H groups in total. The summed E-state index contributed by atoms with van der Waals surface area (Å²) in [5, 5.41) is 10.9. The number of carbonyl (C=O) groups excluding carboxylic acids is 8. The molecular formula is C30H39N9O8. The Labute approximate surface area is 269 Å². The molecule has 47 heavy (non-hydrogen) atoms. The van der Waals surface area contributed by atoms with E-state index in [2.05, 4.69) is 26.3 Å². The van der Waals surface area contributed by atoms with Gasteiger partial charge in [0.25, 0.3) is 0 Å². The minimum absolute atomic E-state index is 0.0159. The van der Waals surface area contributed by atoms with Gasteiger partial charge in [0.15, 0.2) is 0 Å². The molecule has 0 bridgehead atoms. The highest BCUT2D eigenvalue weighted by Gasteiger charge is 2.40. The van der Waals surface area contributed by atoms with Crippen molar-refractivity contribution >= 4 is 58.2 Å². The molecule has 0 radical (unpaired) electrons. The van der Waals surface area contributed by atoms with Crippen molar-refractivity contribution in [3.8, 4) is 0 Å². The molecule has 0 saturated carbocycles. The van der Waals surface area contributed by atoms with Crippen molar-refractivity contribution in [2.24, 2.45) is 17.2 Å². The first-order chi connectivity index (χ1) is 22.3. The fourth-order valence-corrected chi connectivity index (χ4v) is 5.83. The lowest BCUT2D eigenvalue weighted by molar-refractivity contribution is -0.142. The zero-order valence-electron chi connectivity index (χ0n) is 25.6. The Morgan fingerprint density at radius 1 is 0.723 bits per heavy atom. The Balaban J connectivity index is 1.75. The number of hydrogen-bond acceptors (Lipinski definition) is 8. The molecule has 2 saturated heterocycles. The van der Waals surface area contributed by atoms with Crippen LogP contribution in [0.2, 0.25) is 0 Å². The van der Waals surface area contributed by atoms with Gasteiger partial charge in [0.2, 0.25) is 47.3 Å². The van der Waals surface area contributed by atoms with Crippen molar-refractivity contribution < 1.29 is 38.4 Å². The van der Waals surface area contributed by atoms with E-state index < -0.39 is 83.9 Å². The largest absolute Gasteiger partial charge is 0.370 e. The number of aromatic nitrogens is 1. The maximum atomic E-state index is 13.8. The van der Waals surface area contributed by atoms with Crippen LogP contribution in [0.5, 0.6) is 0 Å². The number of nitrogens with zero attached hydrogens (tertiary/aromatic N) is 1. The molecular weight excluding hydrogens is 614 g/mol. The van der Waals surface area contributed by atoms with Gasteiger partial charge < -0.3 is 48.4 Å². The number of amides is 8. The average Bonchev–Trinajstić information content (AvgIpc) is 3.67. The molecule has 2 fully saturated rings. The number of nitrogens with two attached hydrogens (primary N) is 3. The highest BCUT2D eigenvalue weighted by molar-refractivity contribution is 5.99. The molecule has 8 amide bonds. The van der Waals surface area contributed by atoms with Gasteiger partial charge in [-0.15, -0.1) is 0 Å². The number of aromatic amines is 1. The van der Waals surface area contributed by atoms with E-state index in [9.17, 15) is 38.4 Å². The minimum atomic E-state index is -1.60. The lowest BCUT2D eigenvalue weighted by Crippen LogP contribution is -2.58. The van der Waals surface area contributed by atoms with Gasteiger partial charge in [0.1, 0.15) is 30.2 Å². The predicted molar refractivity (Wildman–Crippen MR) is 165 cm³/mol. The number of primary amides is 3. The summed E-state index contributed by atoms with van der Waals surface area (Å²) in [5.74, 6) is -6.52. The average molecular weight is 654 g/mol. The summed E-state index contributed by atoms with van der Waals surface area (Å²) in [4.78, 5) is 108. The van der Waals surface area contributed by atoms with Crippen LogP contribution in [0.4, 0.5) is 0 Å². The van der Waals surface area contributed by atoms with Crippen LogP contribution in [0, 0.1) is 0 Å². The Bertz CT molecular complexity index is 1570. The predicted octanol–water partition coefficient (Wildman–Crippen LogP) is -2.94. The summed E-state index contributed by atoms with van der Waals surface area (Å²) < 4.78 is 0. The van der Waals surface area contributed by atoms with Crippen LogP contribution in [0.3, 0.4) is 0 Å². The first-order valence-corrected chi connectivity index (χ1v) is 15.3. The topological polar surface area (TPSA) is 282 Å². The number of fused-ring (bicyclic) bond motifs is 2. The first-order valence-electron chi connectivity index (χ1n) is 15.3. The van der Waals surface area contributed by atoms with Crippen LogP contribution in [0.15, 0.2) is 30.5 Å². The summed E-state index contributed by atoms with van der Waals surface area (Å²) in [6.07, 6.45) is 0.555. The third-order valence-corrected chi connectivity index (χ3v) is 8.22. The van der Waals surface area contributed by atoms with Crippen LogP contribution >= 0.6 is 0 Å². The van der Waals surface area contributed by atoms with Gasteiger partial charge in [-0.25, -0.2) is 0 Å². The Kier molecular flexibility index (Phi) is 11.1. The van der Waals surface area contributed by atoms with E-state index in [0.717, 1.165) is 10.9 Å². The van der Waals surface area contributed by atoms with Crippen molar-refractivity contribution in [3.05, 3.63) is 36.0 Å². The van der Waals surface area contributed by atoms with Crippen molar-refractivity contribution in [2.75, 3.05) is 6.54 Å². The molecule has 2 aliphatic rings. The molecule has 0 aliphatic carbocycles. The molecule has 2 aromatic rings. The smallest absolute Gasteiger partial charge is 0.245 e. The fourth-order valence-electron chi connectivity index (χ4n) is 5.83. The van der Waals surface area contributed by atoms with Crippen LogP contribution in [-0.2, 0) is 44.8 Å². The van der Waals surface area contributed by atoms with Gasteiger partial charge in [-0.2, -0.15) is 0 Å². The maximum Gasteiger partial charge on any atom is 0.245 e. The zero-order valence-corrected chi connectivity index (χ0v) is 25.6. The number of benzene rings is 1. The molecule has 1 aromatic carbocycles. The highest BCUT2D eigenvalue weighted by Crippen LogP contribution is 2.22. The first kappa shape index (κ1) is 34.4. The van der Waals surface area contributed by atoms with Gasteiger partial charge in [-0.05, 0) is 37.3 Å². The van der Waals surface area contributed by atoms with Gasteiger partial charge in [-0.1, -0.05) is 18.2 Å². The van der Waals surface area contributed by atoms with Crippen LogP contribution < -0.4 is 38.5 Å². The standard InChI is InChI=1S/C30H39N9O8/c31-23(40)9-7-18-26(43)37-21(13-25(33)42)28(45)36-19(8-10-24(32)41)30(47)39-11-3-6-22(39)29(46)38-20(27(44)35-18)12-15-14-34-17-5-2-1-4-16(15)17/h1-2,4-5,14,18-22,34H,3,6-13H2,(H2,31,40)(H2,32,41)(H2,33,42)(H,35,44)(H,36,45)(H,37,43)(H,38,46)/t18-,19-,20-,21-,22+/m0/s1. The van der Waals surface area contributed by atoms with E-state index in [1.54, 1.807) is 6.20 Å². The third-order valence-electron chi connectivity index (χ3n) is 8.22. The van der Waals surface area contributed by atoms with Crippen LogP contribution in [0.25, 0.3) is 10.9 Å². The Hall–Kier alpha value is -5.48. The van der Waals surface area contributed by atoms with Crippen molar-refractivity contribution in [1.82, 2.24) is 31.2 Å². The number of para-hydroxylation sites is 1. The van der Waals surface area contributed by atoms with E-state index in [1.165, 1.54) is 4.90 Å². The van der Waals surface area contributed by atoms with E-state index in [1.807, 2.05) is 24.3 Å². The third kappa shape index (κ3) is 8.83. The Morgan fingerprint density at radius 2 is 1.30 bits per heavy atom.